The molecule has 0 aromatic heterocycles. The maximum absolute atomic E-state index is 11.2. The predicted molar refractivity (Wildman–Crippen MR) is 198 cm³/mol. The first-order chi connectivity index (χ1) is 22.0. The molecule has 0 saturated carbocycles. The van der Waals surface area contributed by atoms with Crippen LogP contribution in [0.2, 0.25) is 0 Å². The molecule has 0 bridgehead atoms. The van der Waals surface area contributed by atoms with Crippen molar-refractivity contribution in [2.45, 2.75) is 206 Å². The van der Waals surface area contributed by atoms with Crippen LogP contribution < -0.4 is 0 Å². The van der Waals surface area contributed by atoms with Crippen LogP contribution in [0, 0.1) is 5.92 Å². The molecule has 266 valence electrons. The number of hydrogen-bond donors (Lipinski definition) is 1. The van der Waals surface area contributed by atoms with Crippen LogP contribution in [0.1, 0.15) is 200 Å². The second-order valence-corrected chi connectivity index (χ2v) is 14.2. The summed E-state index contributed by atoms with van der Waals surface area (Å²) < 4.78 is 5.21. The quantitative estimate of drug-likeness (QED) is 0.0428. The van der Waals surface area contributed by atoms with Crippen molar-refractivity contribution < 1.29 is 14.6 Å². The monoisotopic (exact) mass is 634 g/mol. The van der Waals surface area contributed by atoms with Crippen molar-refractivity contribution in [3.8, 4) is 0 Å². The fraction of sp³-hybridized carbons (Fsp3) is 0.878. The van der Waals surface area contributed by atoms with Crippen molar-refractivity contribution in [3.63, 3.8) is 0 Å². The summed E-state index contributed by atoms with van der Waals surface area (Å²) in [6, 6.07) is 0. The van der Waals surface area contributed by atoms with E-state index in [1.165, 1.54) is 167 Å². The van der Waals surface area contributed by atoms with Crippen LogP contribution in [-0.4, -0.2) is 42.9 Å². The molecule has 4 nitrogen and oxygen atoms in total. The number of carbonyl (C=O) groups is 1. The molecule has 0 spiro atoms. The average molecular weight is 634 g/mol. The highest BCUT2D eigenvalue weighted by Crippen LogP contribution is 2.18. The first-order valence-corrected chi connectivity index (χ1v) is 19.8. The Morgan fingerprint density at radius 1 is 0.556 bits per heavy atom. The van der Waals surface area contributed by atoms with Crippen molar-refractivity contribution >= 4 is 6.16 Å². The first-order valence-electron chi connectivity index (χ1n) is 19.8. The van der Waals surface area contributed by atoms with Gasteiger partial charge in [0.05, 0.1) is 0 Å². The third-order valence-corrected chi connectivity index (χ3v) is 9.24. The molecule has 0 saturated heterocycles. The minimum Gasteiger partial charge on any atom is -0.450 e. The summed E-state index contributed by atoms with van der Waals surface area (Å²) in [5, 5.41) is 9.15. The highest BCUT2D eigenvalue weighted by atomic mass is 16.7. The minimum atomic E-state index is -1.11. The number of carboxylic acid groups (broad SMARTS) is 1. The molecule has 45 heavy (non-hydrogen) atoms. The summed E-state index contributed by atoms with van der Waals surface area (Å²) in [6.07, 6.45) is 44.9. The molecule has 2 atom stereocenters. The van der Waals surface area contributed by atoms with Crippen molar-refractivity contribution in [1.29, 1.82) is 0 Å². The molecule has 0 amide bonds. The molecule has 0 aromatic rings. The molecular formula is C41H79NO3. The van der Waals surface area contributed by atoms with E-state index in [2.05, 4.69) is 57.1 Å². The number of unbranched alkanes of at least 4 members (excludes halogenated alkanes) is 20. The summed E-state index contributed by atoms with van der Waals surface area (Å²) in [6.45, 7) is 5.92. The summed E-state index contributed by atoms with van der Waals surface area (Å²) in [5.41, 5.74) is 0. The molecule has 4 heteroatoms. The summed E-state index contributed by atoms with van der Waals surface area (Å²) >= 11 is 0. The molecule has 0 aliphatic heterocycles. The third kappa shape index (κ3) is 37.0. The Kier molecular flexibility index (Phi) is 34.5. The molecule has 0 fully saturated rings. The Morgan fingerprint density at radius 2 is 0.911 bits per heavy atom. The van der Waals surface area contributed by atoms with E-state index in [4.69, 9.17) is 9.84 Å². The second kappa shape index (κ2) is 35.6. The maximum atomic E-state index is 11.2. The zero-order chi connectivity index (χ0) is 33.1. The first kappa shape index (κ1) is 43.7. The van der Waals surface area contributed by atoms with E-state index in [1.807, 2.05) is 0 Å². The summed E-state index contributed by atoms with van der Waals surface area (Å²) in [5.74, 6) is 0.881. The number of ether oxygens (including phenoxy) is 1. The molecule has 1 N–H and O–H groups in total. The van der Waals surface area contributed by atoms with Gasteiger partial charge < -0.3 is 14.7 Å². The van der Waals surface area contributed by atoms with Gasteiger partial charge in [-0.1, -0.05) is 134 Å². The molecule has 0 aromatic carbocycles. The van der Waals surface area contributed by atoms with Gasteiger partial charge in [0.1, 0.15) is 6.10 Å². The van der Waals surface area contributed by atoms with Crippen molar-refractivity contribution in [1.82, 2.24) is 4.90 Å². The molecule has 0 radical (unpaired) electrons. The van der Waals surface area contributed by atoms with Gasteiger partial charge in [-0.15, -0.1) is 0 Å². The Balaban J connectivity index is 3.59. The predicted octanol–water partition coefficient (Wildman–Crippen LogP) is 13.7. The summed E-state index contributed by atoms with van der Waals surface area (Å²) in [4.78, 5) is 13.4. The van der Waals surface area contributed by atoms with Crippen molar-refractivity contribution in [2.24, 2.45) is 5.92 Å². The molecule has 0 aliphatic carbocycles. The van der Waals surface area contributed by atoms with Gasteiger partial charge >= 0.3 is 6.16 Å². The number of rotatable bonds is 35. The number of allylic oxidation sites excluding steroid dienone is 4. The van der Waals surface area contributed by atoms with Crippen LogP contribution in [0.15, 0.2) is 24.3 Å². The van der Waals surface area contributed by atoms with Crippen molar-refractivity contribution in [3.05, 3.63) is 24.3 Å². The fourth-order valence-corrected chi connectivity index (χ4v) is 6.26. The number of hydrogen-bond acceptors (Lipinski definition) is 3. The van der Waals surface area contributed by atoms with E-state index < -0.39 is 6.16 Å². The lowest BCUT2D eigenvalue weighted by molar-refractivity contribution is 0.0422. The van der Waals surface area contributed by atoms with Gasteiger partial charge in [-0.05, 0) is 116 Å². The third-order valence-electron chi connectivity index (χ3n) is 9.24. The van der Waals surface area contributed by atoms with E-state index in [9.17, 15) is 4.79 Å². The maximum Gasteiger partial charge on any atom is 0.506 e. The van der Waals surface area contributed by atoms with Crippen LogP contribution in [0.5, 0.6) is 0 Å². The lowest BCUT2D eigenvalue weighted by Crippen LogP contribution is -2.16. The van der Waals surface area contributed by atoms with Gasteiger partial charge in [0, 0.05) is 0 Å². The molecular weight excluding hydrogens is 554 g/mol. The Hall–Kier alpha value is -1.29. The zero-order valence-corrected chi connectivity index (χ0v) is 30.9. The normalized spacial score (nSPS) is 13.4. The lowest BCUT2D eigenvalue weighted by Gasteiger charge is -2.15. The van der Waals surface area contributed by atoms with E-state index in [-0.39, 0.29) is 6.10 Å². The Labute approximate surface area is 282 Å². The standard InChI is InChI=1S/C41H79NO3/c1-5-6-7-8-9-10-11-12-13-16-19-22-25-28-31-36-40(45-41(43)44)37-32-29-26-23-20-17-14-15-18-21-24-27-30-34-39(2)35-33-38-42(3)4/h12-15,39-40H,5-11,16-38H2,1-4H3,(H,43,44)/b13-12-,15-14-. The Bertz CT molecular complexity index is 659. The van der Waals surface area contributed by atoms with E-state index in [0.29, 0.717) is 0 Å². The van der Waals surface area contributed by atoms with Crippen LogP contribution in [0.4, 0.5) is 4.79 Å². The van der Waals surface area contributed by atoms with Crippen LogP contribution in [-0.2, 0) is 4.74 Å². The zero-order valence-electron chi connectivity index (χ0n) is 30.9. The van der Waals surface area contributed by atoms with E-state index in [1.54, 1.807) is 0 Å². The molecule has 0 rings (SSSR count). The van der Waals surface area contributed by atoms with Gasteiger partial charge in [0.25, 0.3) is 0 Å². The smallest absolute Gasteiger partial charge is 0.450 e. The largest absolute Gasteiger partial charge is 0.506 e. The van der Waals surface area contributed by atoms with Gasteiger partial charge in [-0.3, -0.25) is 0 Å². The summed E-state index contributed by atoms with van der Waals surface area (Å²) in [7, 11) is 4.33. The van der Waals surface area contributed by atoms with Crippen LogP contribution in [0.25, 0.3) is 0 Å². The molecule has 2 unspecified atom stereocenters. The highest BCUT2D eigenvalue weighted by Gasteiger charge is 2.13. The molecule has 0 aliphatic rings. The van der Waals surface area contributed by atoms with Gasteiger partial charge in [-0.25, -0.2) is 4.79 Å². The number of nitrogens with zero attached hydrogens (tertiary/aromatic N) is 1. The fourth-order valence-electron chi connectivity index (χ4n) is 6.26. The SMILES string of the molecule is CCCCCCCC/C=C\CCCCCCCC(CCCCCCC/C=C\CCCCCCC(C)CCCN(C)C)OC(=O)O. The lowest BCUT2D eigenvalue weighted by atomic mass is 9.97. The van der Waals surface area contributed by atoms with Crippen LogP contribution >= 0.6 is 0 Å². The van der Waals surface area contributed by atoms with Crippen LogP contribution in [0.3, 0.4) is 0 Å². The average Bonchev–Trinajstić information content (AvgIpc) is 3.00. The highest BCUT2D eigenvalue weighted by molar-refractivity contribution is 5.57. The van der Waals surface area contributed by atoms with E-state index >= 15 is 0 Å². The minimum absolute atomic E-state index is 0.119. The molecule has 0 heterocycles. The van der Waals surface area contributed by atoms with E-state index in [0.717, 1.165) is 31.6 Å². The Morgan fingerprint density at radius 3 is 1.31 bits per heavy atom. The van der Waals surface area contributed by atoms with Crippen molar-refractivity contribution in [2.75, 3.05) is 20.6 Å². The van der Waals surface area contributed by atoms with Gasteiger partial charge in [0.15, 0.2) is 0 Å². The van der Waals surface area contributed by atoms with Gasteiger partial charge in [0.2, 0.25) is 0 Å². The topological polar surface area (TPSA) is 49.8 Å². The van der Waals surface area contributed by atoms with Gasteiger partial charge in [-0.2, -0.15) is 0 Å². The second-order valence-electron chi connectivity index (χ2n) is 14.2.